The molecule has 0 N–H and O–H groups in total. The predicted molar refractivity (Wildman–Crippen MR) is 143 cm³/mol. The predicted octanol–water partition coefficient (Wildman–Crippen LogP) is 7.97. The summed E-state index contributed by atoms with van der Waals surface area (Å²) in [6, 6.07) is 34.4. The zero-order chi connectivity index (χ0) is 22.9. The molecular weight excluding hydrogens is 436 g/mol. The van der Waals surface area contributed by atoms with Crippen LogP contribution in [0.3, 0.4) is 0 Å². The van der Waals surface area contributed by atoms with Gasteiger partial charge in [-0.15, -0.1) is 0 Å². The van der Waals surface area contributed by atoms with E-state index in [1.54, 1.807) is 0 Å². The van der Waals surface area contributed by atoms with Gasteiger partial charge in [-0.05, 0) is 64.9 Å². The first-order valence-corrected chi connectivity index (χ1v) is 12.5. The van der Waals surface area contributed by atoms with Crippen LogP contribution in [0, 0.1) is 0 Å². The molecule has 168 valence electrons. The zero-order valence-electron chi connectivity index (χ0n) is 19.1. The van der Waals surface area contributed by atoms with Crippen molar-refractivity contribution in [1.29, 1.82) is 0 Å². The van der Waals surface area contributed by atoms with Crippen LogP contribution in [0.2, 0.25) is 5.02 Å². The van der Waals surface area contributed by atoms with Gasteiger partial charge in [-0.1, -0.05) is 84.4 Å². The molecule has 4 aromatic carbocycles. The summed E-state index contributed by atoms with van der Waals surface area (Å²) in [5, 5.41) is 0.742. The Hall–Kier alpha value is -3.36. The molecule has 0 unspecified atom stereocenters. The van der Waals surface area contributed by atoms with Gasteiger partial charge in [-0.25, -0.2) is 0 Å². The summed E-state index contributed by atoms with van der Waals surface area (Å²) in [6.07, 6.45) is 4.22. The van der Waals surface area contributed by atoms with Crippen molar-refractivity contribution < 1.29 is 0 Å². The van der Waals surface area contributed by atoms with Crippen LogP contribution in [0.5, 0.6) is 0 Å². The van der Waals surface area contributed by atoms with Gasteiger partial charge in [-0.2, -0.15) is 0 Å². The monoisotopic (exact) mass is 462 g/mol. The Labute approximate surface area is 206 Å². The fourth-order valence-electron chi connectivity index (χ4n) is 5.61. The normalized spacial score (nSPS) is 19.3. The Kier molecular flexibility index (Phi) is 5.68. The molecule has 0 aromatic heterocycles. The first-order valence-electron chi connectivity index (χ1n) is 12.1. The topological polar surface area (TPSA) is 15.6 Å². The fourth-order valence-corrected chi connectivity index (χ4v) is 5.74. The molecule has 2 heterocycles. The van der Waals surface area contributed by atoms with Crippen LogP contribution in [0.15, 0.2) is 102 Å². The molecule has 0 bridgehead atoms. The van der Waals surface area contributed by atoms with E-state index in [2.05, 4.69) is 77.7 Å². The standard InChI is InChI=1S/C31H27ClN2/c32-25-13-11-22(12-14-25)21-33-26-19-29-27(23-7-3-1-4-8-23)15-17-34-18-16-28(30(20-26)31(29)34)24-9-5-2-6-10-24/h1-14,19-21,27-28H,15-18H2/t27-,28-/m0/s1. The smallest absolute Gasteiger partial charge is 0.0637 e. The van der Waals surface area contributed by atoms with Crippen LogP contribution in [0.1, 0.15) is 52.5 Å². The highest BCUT2D eigenvalue weighted by atomic mass is 35.5. The highest BCUT2D eigenvalue weighted by molar-refractivity contribution is 6.30. The first-order chi connectivity index (χ1) is 16.8. The van der Waals surface area contributed by atoms with E-state index in [4.69, 9.17) is 16.6 Å². The molecule has 3 heteroatoms. The van der Waals surface area contributed by atoms with Gasteiger partial charge in [0.15, 0.2) is 0 Å². The Balaban J connectivity index is 1.49. The number of halogens is 1. The molecule has 4 aromatic rings. The van der Waals surface area contributed by atoms with Gasteiger partial charge >= 0.3 is 0 Å². The van der Waals surface area contributed by atoms with Crippen molar-refractivity contribution >= 4 is 29.2 Å². The highest BCUT2D eigenvalue weighted by Crippen LogP contribution is 2.49. The van der Waals surface area contributed by atoms with E-state index >= 15 is 0 Å². The van der Waals surface area contributed by atoms with E-state index in [9.17, 15) is 0 Å². The van der Waals surface area contributed by atoms with Crippen LogP contribution in [-0.2, 0) is 0 Å². The summed E-state index contributed by atoms with van der Waals surface area (Å²) in [7, 11) is 0. The molecule has 0 saturated heterocycles. The van der Waals surface area contributed by atoms with Gasteiger partial charge < -0.3 is 4.90 Å². The number of hydrogen-bond donors (Lipinski definition) is 0. The summed E-state index contributed by atoms with van der Waals surface area (Å²) < 4.78 is 0. The second kappa shape index (κ2) is 9.12. The molecule has 2 aliphatic rings. The molecular formula is C31H27ClN2. The van der Waals surface area contributed by atoms with Crippen LogP contribution in [0.25, 0.3) is 0 Å². The molecule has 2 nitrogen and oxygen atoms in total. The van der Waals surface area contributed by atoms with Crippen LogP contribution < -0.4 is 4.90 Å². The van der Waals surface area contributed by atoms with Gasteiger partial charge in [0.1, 0.15) is 0 Å². The number of anilines is 1. The molecule has 0 radical (unpaired) electrons. The maximum absolute atomic E-state index is 6.07. The minimum atomic E-state index is 0.395. The van der Waals surface area contributed by atoms with Crippen LogP contribution in [0.4, 0.5) is 11.4 Å². The van der Waals surface area contributed by atoms with Gasteiger partial charge in [0.2, 0.25) is 0 Å². The Morgan fingerprint density at radius 2 is 1.24 bits per heavy atom. The lowest BCUT2D eigenvalue weighted by molar-refractivity contribution is 0.571. The SMILES string of the molecule is Clc1ccc(C=Nc2cc3c4c(c2)[C@H](c2ccccc2)CCN4CC[C@H]3c2ccccc2)cc1. The van der Waals surface area contributed by atoms with Crippen LogP contribution in [-0.4, -0.2) is 19.3 Å². The number of rotatable bonds is 4. The second-order valence-corrected chi connectivity index (χ2v) is 9.71. The van der Waals surface area contributed by atoms with Crippen molar-refractivity contribution in [3.8, 4) is 0 Å². The second-order valence-electron chi connectivity index (χ2n) is 9.27. The summed E-state index contributed by atoms with van der Waals surface area (Å²) in [6.45, 7) is 2.21. The molecule has 0 aliphatic carbocycles. The molecule has 0 amide bonds. The third-order valence-electron chi connectivity index (χ3n) is 7.23. The molecule has 2 atom stereocenters. The van der Waals surface area contributed by atoms with E-state index in [0.29, 0.717) is 11.8 Å². The molecule has 0 spiro atoms. The largest absolute Gasteiger partial charge is 0.371 e. The Morgan fingerprint density at radius 1 is 0.706 bits per heavy atom. The lowest BCUT2D eigenvalue weighted by Gasteiger charge is -2.43. The average Bonchev–Trinajstić information content (AvgIpc) is 2.90. The van der Waals surface area contributed by atoms with Crippen molar-refractivity contribution in [2.24, 2.45) is 4.99 Å². The van der Waals surface area contributed by atoms with E-state index in [0.717, 1.165) is 42.2 Å². The van der Waals surface area contributed by atoms with Crippen molar-refractivity contribution in [3.63, 3.8) is 0 Å². The Morgan fingerprint density at radius 3 is 1.76 bits per heavy atom. The fraction of sp³-hybridized carbons (Fsp3) is 0.194. The van der Waals surface area contributed by atoms with Gasteiger partial charge in [0, 0.05) is 41.8 Å². The maximum Gasteiger partial charge on any atom is 0.0637 e. The summed E-state index contributed by atoms with van der Waals surface area (Å²) in [5.41, 5.74) is 9.13. The lowest BCUT2D eigenvalue weighted by Crippen LogP contribution is -2.37. The Bertz CT molecular complexity index is 1240. The number of aliphatic imine (C=N–C) groups is 1. The number of benzene rings is 4. The van der Waals surface area contributed by atoms with E-state index in [1.807, 2.05) is 30.5 Å². The quantitative estimate of drug-likeness (QED) is 0.281. The van der Waals surface area contributed by atoms with E-state index in [-0.39, 0.29) is 0 Å². The van der Waals surface area contributed by atoms with Gasteiger partial charge in [0.25, 0.3) is 0 Å². The summed E-state index contributed by atoms with van der Waals surface area (Å²) in [5.74, 6) is 0.790. The molecule has 0 fully saturated rings. The number of nitrogens with zero attached hydrogens (tertiary/aromatic N) is 2. The summed E-state index contributed by atoms with van der Waals surface area (Å²) >= 11 is 6.07. The third-order valence-corrected chi connectivity index (χ3v) is 7.48. The zero-order valence-corrected chi connectivity index (χ0v) is 19.8. The van der Waals surface area contributed by atoms with Gasteiger partial charge in [-0.3, -0.25) is 4.99 Å². The van der Waals surface area contributed by atoms with Crippen molar-refractivity contribution in [2.45, 2.75) is 24.7 Å². The molecule has 2 aliphatic heterocycles. The molecule has 34 heavy (non-hydrogen) atoms. The van der Waals surface area contributed by atoms with Gasteiger partial charge in [0.05, 0.1) is 5.69 Å². The summed E-state index contributed by atoms with van der Waals surface area (Å²) in [4.78, 5) is 7.55. The number of hydrogen-bond acceptors (Lipinski definition) is 2. The maximum atomic E-state index is 6.07. The van der Waals surface area contributed by atoms with E-state index in [1.165, 1.54) is 27.9 Å². The molecule has 6 rings (SSSR count). The average molecular weight is 463 g/mol. The third kappa shape index (κ3) is 4.03. The van der Waals surface area contributed by atoms with E-state index < -0.39 is 0 Å². The van der Waals surface area contributed by atoms with Crippen molar-refractivity contribution in [2.75, 3.05) is 18.0 Å². The van der Waals surface area contributed by atoms with Crippen molar-refractivity contribution in [3.05, 3.63) is 130 Å². The highest BCUT2D eigenvalue weighted by Gasteiger charge is 2.34. The molecule has 0 saturated carbocycles. The van der Waals surface area contributed by atoms with Crippen molar-refractivity contribution in [1.82, 2.24) is 0 Å². The van der Waals surface area contributed by atoms with Crippen LogP contribution >= 0.6 is 11.6 Å². The lowest BCUT2D eigenvalue weighted by atomic mass is 9.76. The minimum Gasteiger partial charge on any atom is -0.371 e. The first kappa shape index (κ1) is 21.2. The minimum absolute atomic E-state index is 0.395.